The molecule has 3 rings (SSSR count). The summed E-state index contributed by atoms with van der Waals surface area (Å²) in [7, 11) is 0. The van der Waals surface area contributed by atoms with Crippen molar-refractivity contribution in [1.82, 2.24) is 19.7 Å². The molecule has 1 aliphatic rings. The second-order valence-electron chi connectivity index (χ2n) is 7.96. The third kappa shape index (κ3) is 4.44. The maximum absolute atomic E-state index is 14.7. The van der Waals surface area contributed by atoms with Crippen molar-refractivity contribution < 1.29 is 14.0 Å². The van der Waals surface area contributed by atoms with Crippen molar-refractivity contribution in [3.8, 4) is 0 Å². The van der Waals surface area contributed by atoms with E-state index in [0.717, 1.165) is 5.69 Å². The standard InChI is InChI=1S/C22H29FN4O2/c1-15(2)24-22(29)27(16(3)4)14-20(28)26-13-12-25-11-7-10-19(25)21(26)17-8-5-6-9-18(17)23/h5-11,15-16,21H,12-14H2,1-4H3,(H,24,29)/t21-/m1/s1. The largest absolute Gasteiger partial charge is 0.348 e. The van der Waals surface area contributed by atoms with Crippen LogP contribution in [0.5, 0.6) is 0 Å². The van der Waals surface area contributed by atoms with Gasteiger partial charge in [0.1, 0.15) is 18.4 Å². The number of hydrogen-bond donors (Lipinski definition) is 1. The number of nitrogens with one attached hydrogen (secondary N) is 1. The van der Waals surface area contributed by atoms with Crippen molar-refractivity contribution in [2.45, 2.75) is 52.4 Å². The molecule has 2 heterocycles. The van der Waals surface area contributed by atoms with Gasteiger partial charge in [0.25, 0.3) is 0 Å². The second-order valence-corrected chi connectivity index (χ2v) is 7.96. The highest BCUT2D eigenvalue weighted by molar-refractivity contribution is 5.85. The van der Waals surface area contributed by atoms with Crippen molar-refractivity contribution >= 4 is 11.9 Å². The maximum Gasteiger partial charge on any atom is 0.318 e. The number of carbonyl (C=O) groups is 2. The van der Waals surface area contributed by atoms with Crippen molar-refractivity contribution in [2.24, 2.45) is 0 Å². The number of aromatic nitrogens is 1. The minimum Gasteiger partial charge on any atom is -0.348 e. The quantitative estimate of drug-likeness (QED) is 0.836. The molecule has 1 aliphatic heterocycles. The van der Waals surface area contributed by atoms with E-state index in [1.165, 1.54) is 11.0 Å². The summed E-state index contributed by atoms with van der Waals surface area (Å²) in [5.74, 6) is -0.540. The molecule has 0 saturated heterocycles. The Bertz CT molecular complexity index is 877. The van der Waals surface area contributed by atoms with Crippen LogP contribution in [0.4, 0.5) is 9.18 Å². The number of fused-ring (bicyclic) bond motifs is 1. The molecule has 0 unspecified atom stereocenters. The van der Waals surface area contributed by atoms with Crippen LogP contribution < -0.4 is 5.32 Å². The number of rotatable bonds is 5. The second kappa shape index (κ2) is 8.68. The summed E-state index contributed by atoms with van der Waals surface area (Å²) in [4.78, 5) is 29.1. The fourth-order valence-corrected chi connectivity index (χ4v) is 3.73. The zero-order chi connectivity index (χ0) is 21.1. The highest BCUT2D eigenvalue weighted by Gasteiger charge is 2.35. The van der Waals surface area contributed by atoms with Crippen LogP contribution in [-0.2, 0) is 11.3 Å². The molecule has 1 aromatic carbocycles. The van der Waals surface area contributed by atoms with Gasteiger partial charge in [-0.25, -0.2) is 9.18 Å². The smallest absolute Gasteiger partial charge is 0.318 e. The van der Waals surface area contributed by atoms with Gasteiger partial charge in [-0.2, -0.15) is 0 Å². The summed E-state index contributed by atoms with van der Waals surface area (Å²) in [6.07, 6.45) is 1.95. The minimum atomic E-state index is -0.519. The first kappa shape index (κ1) is 20.9. The minimum absolute atomic E-state index is 0.0247. The van der Waals surface area contributed by atoms with Gasteiger partial charge < -0.3 is 19.7 Å². The fraction of sp³-hybridized carbons (Fsp3) is 0.455. The summed E-state index contributed by atoms with van der Waals surface area (Å²) in [5.41, 5.74) is 1.33. The number of halogens is 1. The van der Waals surface area contributed by atoms with E-state index in [4.69, 9.17) is 0 Å². The predicted octanol–water partition coefficient (Wildman–Crippen LogP) is 3.39. The Labute approximate surface area is 171 Å². The average Bonchev–Trinajstić information content (AvgIpc) is 3.13. The normalized spacial score (nSPS) is 16.1. The Morgan fingerprint density at radius 1 is 1.14 bits per heavy atom. The Morgan fingerprint density at radius 3 is 2.52 bits per heavy atom. The van der Waals surface area contributed by atoms with E-state index in [0.29, 0.717) is 18.7 Å². The summed E-state index contributed by atoms with van der Waals surface area (Å²) >= 11 is 0. The third-order valence-electron chi connectivity index (χ3n) is 5.16. The monoisotopic (exact) mass is 400 g/mol. The molecule has 0 radical (unpaired) electrons. The molecule has 3 amide bonds. The molecule has 29 heavy (non-hydrogen) atoms. The summed E-state index contributed by atoms with van der Waals surface area (Å²) < 4.78 is 16.7. The van der Waals surface area contributed by atoms with Crippen LogP contribution in [-0.4, -0.2) is 51.5 Å². The van der Waals surface area contributed by atoms with Gasteiger partial charge in [0.05, 0.1) is 0 Å². The van der Waals surface area contributed by atoms with Crippen molar-refractivity contribution in [3.63, 3.8) is 0 Å². The number of hydrogen-bond acceptors (Lipinski definition) is 2. The molecule has 7 heteroatoms. The number of nitrogens with zero attached hydrogens (tertiary/aromatic N) is 3. The first-order chi connectivity index (χ1) is 13.8. The first-order valence-corrected chi connectivity index (χ1v) is 10.1. The number of carbonyl (C=O) groups excluding carboxylic acids is 2. The Kier molecular flexibility index (Phi) is 6.25. The molecule has 1 N–H and O–H groups in total. The molecule has 0 bridgehead atoms. The molecule has 0 aliphatic carbocycles. The highest BCUT2D eigenvalue weighted by atomic mass is 19.1. The van der Waals surface area contributed by atoms with Crippen LogP contribution in [0.1, 0.15) is 45.0 Å². The zero-order valence-electron chi connectivity index (χ0n) is 17.4. The highest BCUT2D eigenvalue weighted by Crippen LogP contribution is 2.33. The van der Waals surface area contributed by atoms with Gasteiger partial charge in [-0.15, -0.1) is 0 Å². The van der Waals surface area contributed by atoms with Crippen LogP contribution in [0.2, 0.25) is 0 Å². The van der Waals surface area contributed by atoms with Crippen molar-refractivity contribution in [2.75, 3.05) is 13.1 Å². The lowest BCUT2D eigenvalue weighted by Crippen LogP contribution is -2.52. The lowest BCUT2D eigenvalue weighted by atomic mass is 9.99. The Balaban J connectivity index is 1.90. The molecule has 1 atom stereocenters. The third-order valence-corrected chi connectivity index (χ3v) is 5.16. The number of urea groups is 1. The van der Waals surface area contributed by atoms with Crippen molar-refractivity contribution in [3.05, 3.63) is 59.7 Å². The summed E-state index contributed by atoms with van der Waals surface area (Å²) in [5, 5.41) is 2.85. The van der Waals surface area contributed by atoms with Crippen molar-refractivity contribution in [1.29, 1.82) is 0 Å². The van der Waals surface area contributed by atoms with E-state index in [2.05, 4.69) is 5.32 Å². The number of amides is 3. The van der Waals surface area contributed by atoms with Crippen LogP contribution in [0.25, 0.3) is 0 Å². The molecule has 1 aromatic heterocycles. The van der Waals surface area contributed by atoms with E-state index in [9.17, 15) is 14.0 Å². The van der Waals surface area contributed by atoms with Gasteiger partial charge in [0.15, 0.2) is 0 Å². The molecular weight excluding hydrogens is 371 g/mol. The van der Waals surface area contributed by atoms with Gasteiger partial charge in [-0.3, -0.25) is 4.79 Å². The van der Waals surface area contributed by atoms with E-state index in [-0.39, 0.29) is 36.4 Å². The molecule has 156 valence electrons. The van der Waals surface area contributed by atoms with Gasteiger partial charge in [0.2, 0.25) is 5.91 Å². The lowest BCUT2D eigenvalue weighted by Gasteiger charge is -2.39. The molecular formula is C22H29FN4O2. The maximum atomic E-state index is 14.7. The molecule has 6 nitrogen and oxygen atoms in total. The number of benzene rings is 1. The van der Waals surface area contributed by atoms with Gasteiger partial charge in [-0.05, 0) is 45.9 Å². The predicted molar refractivity (Wildman–Crippen MR) is 110 cm³/mol. The summed E-state index contributed by atoms with van der Waals surface area (Å²) in [6.45, 7) is 8.56. The van der Waals surface area contributed by atoms with Gasteiger partial charge in [0, 0.05) is 42.6 Å². The molecule has 0 fully saturated rings. The Morgan fingerprint density at radius 2 is 1.86 bits per heavy atom. The SMILES string of the molecule is CC(C)NC(=O)N(CC(=O)N1CCn2cccc2[C@H]1c1ccccc1F)C(C)C. The molecule has 0 spiro atoms. The molecule has 0 saturated carbocycles. The van der Waals surface area contributed by atoms with Crippen LogP contribution in [0, 0.1) is 5.82 Å². The van der Waals surface area contributed by atoms with Gasteiger partial charge in [-0.1, -0.05) is 18.2 Å². The Hall–Kier alpha value is -2.83. The molecule has 2 aromatic rings. The first-order valence-electron chi connectivity index (χ1n) is 10.1. The van der Waals surface area contributed by atoms with Crippen LogP contribution in [0.15, 0.2) is 42.6 Å². The van der Waals surface area contributed by atoms with Crippen LogP contribution >= 0.6 is 0 Å². The summed E-state index contributed by atoms with van der Waals surface area (Å²) in [6, 6.07) is 9.42. The topological polar surface area (TPSA) is 57.6 Å². The van der Waals surface area contributed by atoms with E-state index in [1.54, 1.807) is 23.1 Å². The van der Waals surface area contributed by atoms with Crippen LogP contribution in [0.3, 0.4) is 0 Å². The van der Waals surface area contributed by atoms with E-state index < -0.39 is 6.04 Å². The van der Waals surface area contributed by atoms with E-state index in [1.807, 2.05) is 50.6 Å². The zero-order valence-corrected chi connectivity index (χ0v) is 17.4. The average molecular weight is 400 g/mol. The fourth-order valence-electron chi connectivity index (χ4n) is 3.73. The lowest BCUT2D eigenvalue weighted by molar-refractivity contribution is -0.135. The van der Waals surface area contributed by atoms with Gasteiger partial charge >= 0.3 is 6.03 Å². The van der Waals surface area contributed by atoms with E-state index >= 15 is 0 Å².